The molecule has 3 aromatic carbocycles. The molecule has 0 atom stereocenters. The van der Waals surface area contributed by atoms with Gasteiger partial charge in [0.15, 0.2) is 16.6 Å². The van der Waals surface area contributed by atoms with Crippen LogP contribution in [0.4, 0.5) is 0 Å². The van der Waals surface area contributed by atoms with Crippen LogP contribution in [0.3, 0.4) is 0 Å². The van der Waals surface area contributed by atoms with Gasteiger partial charge in [-0.3, -0.25) is 0 Å². The molecule has 2 nitrogen and oxygen atoms in total. The van der Waals surface area contributed by atoms with Gasteiger partial charge < -0.3 is 8.23 Å². The number of benzene rings is 3. The monoisotopic (exact) mass is 594 g/mol. The van der Waals surface area contributed by atoms with E-state index in [9.17, 15) is 0 Å². The normalized spacial score (nSPS) is 12.0. The standard InChI is InChI=1S/C34H42O2Si4/c1-12-28-25-31(15-13-29-17-21-33(22-18-29)39(8,9)35-37(2,3)4)27-32(26-28)16-14-30-19-23-34(24-20-30)40(10,11)36-38(5,6)7/h1,17-27H,2-11H3. The summed E-state index contributed by atoms with van der Waals surface area (Å²) in [5.41, 5.74) is 4.41. The number of terminal acetylenes is 1. The Kier molecular flexibility index (Phi) is 9.76. The van der Waals surface area contributed by atoms with Gasteiger partial charge in [0.25, 0.3) is 0 Å². The topological polar surface area (TPSA) is 18.5 Å². The van der Waals surface area contributed by atoms with E-state index < -0.39 is 33.3 Å². The van der Waals surface area contributed by atoms with Crippen molar-refractivity contribution >= 4 is 43.6 Å². The minimum atomic E-state index is -1.93. The maximum atomic E-state index is 6.52. The summed E-state index contributed by atoms with van der Waals surface area (Å²) in [4.78, 5) is 0. The van der Waals surface area contributed by atoms with Gasteiger partial charge in [0.2, 0.25) is 16.6 Å². The Morgan fingerprint density at radius 1 is 0.450 bits per heavy atom. The first-order valence-electron chi connectivity index (χ1n) is 13.7. The SMILES string of the molecule is C#Cc1cc(C#Cc2ccc([Si](C)(C)O[Si](C)(C)C)cc2)cc(C#Cc2ccc([Si](C)(C)O[Si](C)(C)C)cc2)c1. The van der Waals surface area contributed by atoms with Crippen molar-refractivity contribution in [3.63, 3.8) is 0 Å². The molecule has 40 heavy (non-hydrogen) atoms. The maximum absolute atomic E-state index is 6.52. The summed E-state index contributed by atoms with van der Waals surface area (Å²) in [5.74, 6) is 15.9. The highest BCUT2D eigenvalue weighted by Crippen LogP contribution is 2.16. The lowest BCUT2D eigenvalue weighted by Crippen LogP contribution is -2.51. The van der Waals surface area contributed by atoms with Crippen LogP contribution in [0.1, 0.15) is 27.8 Å². The Labute approximate surface area is 247 Å². The summed E-state index contributed by atoms with van der Waals surface area (Å²) in [5, 5.41) is 2.57. The van der Waals surface area contributed by atoms with Gasteiger partial charge >= 0.3 is 0 Å². The summed E-state index contributed by atoms with van der Waals surface area (Å²) in [6.07, 6.45) is 5.75. The molecule has 6 heteroatoms. The molecule has 0 aromatic heterocycles. The molecule has 0 amide bonds. The third-order valence-corrected chi connectivity index (χ3v) is 18.5. The van der Waals surface area contributed by atoms with Crippen molar-refractivity contribution < 1.29 is 8.23 Å². The van der Waals surface area contributed by atoms with Crippen LogP contribution in [0.25, 0.3) is 0 Å². The Bertz CT molecular complexity index is 1400. The van der Waals surface area contributed by atoms with Crippen LogP contribution < -0.4 is 10.4 Å². The second kappa shape index (κ2) is 12.3. The fraction of sp³-hybridized carbons (Fsp3) is 0.294. The molecule has 0 fully saturated rings. The highest BCUT2D eigenvalue weighted by atomic mass is 28.4. The molecule has 0 aliphatic heterocycles. The molecule has 0 aliphatic carbocycles. The van der Waals surface area contributed by atoms with Gasteiger partial charge in [0.1, 0.15) is 0 Å². The lowest BCUT2D eigenvalue weighted by molar-refractivity contribution is 0.565. The minimum Gasteiger partial charge on any atom is -0.452 e. The van der Waals surface area contributed by atoms with E-state index in [0.29, 0.717) is 0 Å². The van der Waals surface area contributed by atoms with E-state index in [1.165, 1.54) is 10.4 Å². The predicted octanol–water partition coefficient (Wildman–Crippen LogP) is 6.99. The first kappa shape index (κ1) is 31.7. The van der Waals surface area contributed by atoms with Crippen LogP contribution in [0, 0.1) is 36.0 Å². The molecule has 0 heterocycles. The molecular formula is C34H42O2Si4. The zero-order valence-electron chi connectivity index (χ0n) is 25.7. The lowest BCUT2D eigenvalue weighted by atomic mass is 10.1. The van der Waals surface area contributed by atoms with Gasteiger partial charge in [-0.1, -0.05) is 53.9 Å². The second-order valence-corrected chi connectivity index (χ2v) is 30.3. The summed E-state index contributed by atoms with van der Waals surface area (Å²) in [6, 6.07) is 22.9. The van der Waals surface area contributed by atoms with Crippen LogP contribution in [-0.4, -0.2) is 33.3 Å². The van der Waals surface area contributed by atoms with Gasteiger partial charge in [0, 0.05) is 27.8 Å². The van der Waals surface area contributed by atoms with Crippen molar-refractivity contribution in [1.29, 1.82) is 0 Å². The van der Waals surface area contributed by atoms with Crippen LogP contribution in [0.15, 0.2) is 66.7 Å². The molecular weight excluding hydrogens is 553 g/mol. The van der Waals surface area contributed by atoms with Crippen LogP contribution >= 0.6 is 0 Å². The smallest absolute Gasteiger partial charge is 0.205 e. The van der Waals surface area contributed by atoms with Gasteiger partial charge in [-0.15, -0.1) is 6.42 Å². The van der Waals surface area contributed by atoms with Gasteiger partial charge in [-0.05, 0) is 118 Å². The summed E-state index contributed by atoms with van der Waals surface area (Å²) in [7, 11) is -7.07. The minimum absolute atomic E-state index is 0.772. The van der Waals surface area contributed by atoms with Crippen LogP contribution in [0.2, 0.25) is 65.5 Å². The zero-order valence-corrected chi connectivity index (χ0v) is 29.7. The highest BCUT2D eigenvalue weighted by Gasteiger charge is 2.32. The maximum Gasteiger partial charge on any atom is 0.205 e. The zero-order chi connectivity index (χ0) is 29.8. The average molecular weight is 595 g/mol. The first-order chi connectivity index (χ1) is 18.5. The van der Waals surface area contributed by atoms with E-state index in [1.807, 2.05) is 18.2 Å². The summed E-state index contributed by atoms with van der Waals surface area (Å²) >= 11 is 0. The summed E-state index contributed by atoms with van der Waals surface area (Å²) in [6.45, 7) is 22.5. The second-order valence-electron chi connectivity index (χ2n) is 13.0. The number of rotatable bonds is 6. The van der Waals surface area contributed by atoms with E-state index in [1.54, 1.807) is 0 Å². The molecule has 0 N–H and O–H groups in total. The van der Waals surface area contributed by atoms with Crippen molar-refractivity contribution in [2.75, 3.05) is 0 Å². The van der Waals surface area contributed by atoms with Gasteiger partial charge in [-0.25, -0.2) is 0 Å². The fourth-order valence-electron chi connectivity index (χ4n) is 4.70. The van der Waals surface area contributed by atoms with Crippen molar-refractivity contribution in [2.24, 2.45) is 0 Å². The van der Waals surface area contributed by atoms with Crippen molar-refractivity contribution in [1.82, 2.24) is 0 Å². The van der Waals surface area contributed by atoms with E-state index >= 15 is 0 Å². The molecule has 3 rings (SSSR count). The van der Waals surface area contributed by atoms with Crippen molar-refractivity contribution in [3.8, 4) is 36.0 Å². The fourth-order valence-corrected chi connectivity index (χ4v) is 19.8. The van der Waals surface area contributed by atoms with Crippen LogP contribution in [0.5, 0.6) is 0 Å². The van der Waals surface area contributed by atoms with E-state index in [4.69, 9.17) is 14.7 Å². The van der Waals surface area contributed by atoms with E-state index in [-0.39, 0.29) is 0 Å². The van der Waals surface area contributed by atoms with Crippen molar-refractivity contribution in [2.45, 2.75) is 65.5 Å². The Balaban J connectivity index is 1.80. The molecule has 0 unspecified atom stereocenters. The molecule has 0 bridgehead atoms. The third kappa shape index (κ3) is 9.65. The Morgan fingerprint density at radius 2 is 0.750 bits per heavy atom. The van der Waals surface area contributed by atoms with E-state index in [0.717, 1.165) is 27.8 Å². The Morgan fingerprint density at radius 3 is 1.05 bits per heavy atom. The quantitative estimate of drug-likeness (QED) is 0.226. The van der Waals surface area contributed by atoms with Gasteiger partial charge in [-0.2, -0.15) is 0 Å². The first-order valence-corrected chi connectivity index (χ1v) is 26.4. The highest BCUT2D eigenvalue weighted by molar-refractivity contribution is 6.92. The molecule has 0 saturated heterocycles. The molecule has 0 aliphatic rings. The molecule has 0 radical (unpaired) electrons. The third-order valence-electron chi connectivity index (χ3n) is 6.08. The average Bonchev–Trinajstić information content (AvgIpc) is 2.84. The molecule has 3 aromatic rings. The van der Waals surface area contributed by atoms with E-state index in [2.05, 4.69) is 144 Å². The summed E-state index contributed by atoms with van der Waals surface area (Å²) < 4.78 is 13.0. The molecule has 0 spiro atoms. The number of hydrogen-bond acceptors (Lipinski definition) is 2. The molecule has 0 saturated carbocycles. The largest absolute Gasteiger partial charge is 0.452 e. The Hall–Kier alpha value is -2.87. The van der Waals surface area contributed by atoms with Crippen LogP contribution in [-0.2, 0) is 8.23 Å². The lowest BCUT2D eigenvalue weighted by Gasteiger charge is -2.31. The predicted molar refractivity (Wildman–Crippen MR) is 182 cm³/mol. The van der Waals surface area contributed by atoms with Gasteiger partial charge in [0.05, 0.1) is 0 Å². The van der Waals surface area contributed by atoms with Crippen molar-refractivity contribution in [3.05, 3.63) is 94.5 Å². The molecule has 206 valence electrons. The number of hydrogen-bond donors (Lipinski definition) is 0.